The molecule has 0 aromatic rings. The molecule has 19 heavy (non-hydrogen) atoms. The Bertz CT molecular complexity index is 265. The Morgan fingerprint density at radius 2 is 1.89 bits per heavy atom. The van der Waals surface area contributed by atoms with Crippen molar-refractivity contribution in [3.63, 3.8) is 0 Å². The van der Waals surface area contributed by atoms with Crippen molar-refractivity contribution in [3.05, 3.63) is 0 Å². The lowest BCUT2D eigenvalue weighted by atomic mass is 9.88. The Morgan fingerprint density at radius 3 is 2.37 bits per heavy atom. The maximum Gasteiger partial charge on any atom is 0.191 e. The zero-order valence-electron chi connectivity index (χ0n) is 12.7. The number of halogens is 1. The number of rotatable bonds is 5. The second-order valence-electron chi connectivity index (χ2n) is 5.08. The van der Waals surface area contributed by atoms with Crippen LogP contribution in [0.25, 0.3) is 0 Å². The highest BCUT2D eigenvalue weighted by molar-refractivity contribution is 14.0. The normalized spacial score (nSPS) is 18.9. The number of hydrogen-bond acceptors (Lipinski definition) is 3. The summed E-state index contributed by atoms with van der Waals surface area (Å²) >= 11 is 0. The van der Waals surface area contributed by atoms with Crippen LogP contribution in [0.2, 0.25) is 0 Å². The average molecular weight is 384 g/mol. The van der Waals surface area contributed by atoms with Gasteiger partial charge < -0.3 is 20.3 Å². The Morgan fingerprint density at radius 1 is 1.26 bits per heavy atom. The molecule has 0 amide bonds. The molecule has 0 aliphatic carbocycles. The lowest BCUT2D eigenvalue weighted by Crippen LogP contribution is -2.57. The van der Waals surface area contributed by atoms with Gasteiger partial charge in [0.15, 0.2) is 5.96 Å². The van der Waals surface area contributed by atoms with Crippen molar-refractivity contribution in [1.29, 1.82) is 0 Å². The van der Waals surface area contributed by atoms with Crippen molar-refractivity contribution < 1.29 is 4.74 Å². The highest BCUT2D eigenvalue weighted by atomic mass is 127. The number of nitrogens with one attached hydrogen (secondary N) is 2. The van der Waals surface area contributed by atoms with Crippen molar-refractivity contribution in [2.45, 2.75) is 31.7 Å². The summed E-state index contributed by atoms with van der Waals surface area (Å²) in [7, 11) is 6.11. The number of guanidine groups is 1. The van der Waals surface area contributed by atoms with Gasteiger partial charge in [0, 0.05) is 38.9 Å². The molecule has 1 rings (SSSR count). The zero-order valence-corrected chi connectivity index (χ0v) is 15.0. The first kappa shape index (κ1) is 18.9. The van der Waals surface area contributed by atoms with Crippen LogP contribution in [0.15, 0.2) is 4.99 Å². The van der Waals surface area contributed by atoms with E-state index in [1.54, 1.807) is 0 Å². The Balaban J connectivity index is 0.00000324. The molecule has 0 unspecified atom stereocenters. The molecule has 0 radical (unpaired) electrons. The fraction of sp³-hybridized carbons (Fsp3) is 0.923. The summed E-state index contributed by atoms with van der Waals surface area (Å²) in [4.78, 5) is 6.56. The van der Waals surface area contributed by atoms with E-state index in [-0.39, 0.29) is 29.5 Å². The van der Waals surface area contributed by atoms with Gasteiger partial charge in [-0.1, -0.05) is 6.92 Å². The molecule has 0 aromatic heterocycles. The van der Waals surface area contributed by atoms with E-state index in [1.165, 1.54) is 0 Å². The van der Waals surface area contributed by atoms with Gasteiger partial charge in [0.05, 0.1) is 0 Å². The summed E-state index contributed by atoms with van der Waals surface area (Å²) in [5, 5.41) is 6.74. The van der Waals surface area contributed by atoms with Gasteiger partial charge in [-0.25, -0.2) is 0 Å². The summed E-state index contributed by atoms with van der Waals surface area (Å²) in [5.74, 6) is 0.893. The number of aliphatic imine (C=N–C) groups is 1. The number of likely N-dealkylation sites (N-methyl/N-ethyl adjacent to an activating group) is 1. The van der Waals surface area contributed by atoms with Crippen LogP contribution < -0.4 is 10.6 Å². The van der Waals surface area contributed by atoms with Crippen LogP contribution in [-0.4, -0.2) is 63.8 Å². The SMILES string of the molecule is CCCNC(=NC)NCC1(N(C)C)CCOCC1.I. The predicted molar refractivity (Wildman–Crippen MR) is 91.5 cm³/mol. The molecular formula is C13H29IN4O. The Labute approximate surface area is 134 Å². The van der Waals surface area contributed by atoms with E-state index in [1.807, 2.05) is 7.05 Å². The van der Waals surface area contributed by atoms with Crippen LogP contribution >= 0.6 is 24.0 Å². The standard InChI is InChI=1S/C13H28N4O.HI/c1-5-8-15-12(14-2)16-11-13(17(3)4)6-9-18-10-7-13;/h5-11H2,1-4H3,(H2,14,15,16);1H. The Kier molecular flexibility index (Phi) is 9.72. The lowest BCUT2D eigenvalue weighted by molar-refractivity contribution is -0.00500. The van der Waals surface area contributed by atoms with Crippen LogP contribution in [0.3, 0.4) is 0 Å². The van der Waals surface area contributed by atoms with E-state index in [0.29, 0.717) is 0 Å². The van der Waals surface area contributed by atoms with E-state index in [0.717, 1.165) is 51.5 Å². The molecule has 1 aliphatic rings. The molecule has 0 aromatic carbocycles. The number of hydrogen-bond donors (Lipinski definition) is 2. The fourth-order valence-electron chi connectivity index (χ4n) is 2.25. The first-order valence-corrected chi connectivity index (χ1v) is 6.84. The molecule has 6 heteroatoms. The van der Waals surface area contributed by atoms with Crippen LogP contribution in [0, 0.1) is 0 Å². The van der Waals surface area contributed by atoms with Gasteiger partial charge in [0.25, 0.3) is 0 Å². The van der Waals surface area contributed by atoms with Crippen LogP contribution in [0.1, 0.15) is 26.2 Å². The van der Waals surface area contributed by atoms with Crippen LogP contribution in [0.5, 0.6) is 0 Å². The van der Waals surface area contributed by atoms with Gasteiger partial charge in [0.2, 0.25) is 0 Å². The molecule has 1 aliphatic heterocycles. The molecule has 0 atom stereocenters. The van der Waals surface area contributed by atoms with E-state index in [2.05, 4.69) is 41.5 Å². The van der Waals surface area contributed by atoms with E-state index >= 15 is 0 Å². The van der Waals surface area contributed by atoms with Crippen molar-refractivity contribution in [1.82, 2.24) is 15.5 Å². The largest absolute Gasteiger partial charge is 0.381 e. The molecule has 0 bridgehead atoms. The quantitative estimate of drug-likeness (QED) is 0.426. The molecule has 0 spiro atoms. The predicted octanol–water partition coefficient (Wildman–Crippen LogP) is 1.29. The molecule has 1 fully saturated rings. The van der Waals surface area contributed by atoms with Crippen LogP contribution in [-0.2, 0) is 4.74 Å². The summed E-state index contributed by atoms with van der Waals surface area (Å²) in [6.45, 7) is 5.71. The van der Waals surface area contributed by atoms with Gasteiger partial charge >= 0.3 is 0 Å². The summed E-state index contributed by atoms with van der Waals surface area (Å²) < 4.78 is 5.47. The smallest absolute Gasteiger partial charge is 0.191 e. The second kappa shape index (κ2) is 9.77. The molecule has 1 saturated heterocycles. The van der Waals surface area contributed by atoms with Crippen molar-refractivity contribution in [3.8, 4) is 0 Å². The second-order valence-corrected chi connectivity index (χ2v) is 5.08. The van der Waals surface area contributed by atoms with Gasteiger partial charge in [-0.3, -0.25) is 4.99 Å². The van der Waals surface area contributed by atoms with Crippen molar-refractivity contribution >= 4 is 29.9 Å². The minimum absolute atomic E-state index is 0. The summed E-state index contributed by atoms with van der Waals surface area (Å²) in [5.41, 5.74) is 0.183. The van der Waals surface area contributed by atoms with Gasteiger partial charge in [-0.15, -0.1) is 24.0 Å². The first-order valence-electron chi connectivity index (χ1n) is 6.84. The van der Waals surface area contributed by atoms with E-state index in [9.17, 15) is 0 Å². The minimum atomic E-state index is 0. The van der Waals surface area contributed by atoms with E-state index in [4.69, 9.17) is 4.74 Å². The summed E-state index contributed by atoms with van der Waals surface area (Å²) in [6, 6.07) is 0. The Hall–Kier alpha value is -0.0800. The van der Waals surface area contributed by atoms with Crippen LogP contribution in [0.4, 0.5) is 0 Å². The van der Waals surface area contributed by atoms with Crippen molar-refractivity contribution in [2.75, 3.05) is 47.4 Å². The maximum atomic E-state index is 5.47. The third-order valence-electron chi connectivity index (χ3n) is 3.72. The fourth-order valence-corrected chi connectivity index (χ4v) is 2.25. The van der Waals surface area contributed by atoms with Gasteiger partial charge in [-0.2, -0.15) is 0 Å². The molecular weight excluding hydrogens is 355 g/mol. The molecule has 5 nitrogen and oxygen atoms in total. The highest BCUT2D eigenvalue weighted by Crippen LogP contribution is 2.24. The summed E-state index contributed by atoms with van der Waals surface area (Å²) in [6.07, 6.45) is 3.24. The maximum absolute atomic E-state index is 5.47. The highest BCUT2D eigenvalue weighted by Gasteiger charge is 2.34. The average Bonchev–Trinajstić information content (AvgIpc) is 2.40. The third-order valence-corrected chi connectivity index (χ3v) is 3.72. The molecule has 2 N–H and O–H groups in total. The lowest BCUT2D eigenvalue weighted by Gasteiger charge is -2.43. The zero-order chi connectivity index (χ0) is 13.4. The van der Waals surface area contributed by atoms with Gasteiger partial charge in [-0.05, 0) is 33.4 Å². The van der Waals surface area contributed by atoms with Crippen molar-refractivity contribution in [2.24, 2.45) is 4.99 Å². The topological polar surface area (TPSA) is 48.9 Å². The third kappa shape index (κ3) is 5.83. The van der Waals surface area contributed by atoms with E-state index < -0.39 is 0 Å². The molecule has 0 saturated carbocycles. The first-order chi connectivity index (χ1) is 8.64. The number of nitrogens with zero attached hydrogens (tertiary/aromatic N) is 2. The minimum Gasteiger partial charge on any atom is -0.381 e. The number of ether oxygens (including phenoxy) is 1. The van der Waals surface area contributed by atoms with Gasteiger partial charge in [0.1, 0.15) is 0 Å². The monoisotopic (exact) mass is 384 g/mol. The molecule has 1 heterocycles. The molecule has 114 valence electrons.